The monoisotopic (exact) mass is 473 g/mol. The quantitative estimate of drug-likeness (QED) is 0.150. The van der Waals surface area contributed by atoms with E-state index >= 15 is 0 Å². The van der Waals surface area contributed by atoms with Crippen LogP contribution >= 0.6 is 7.82 Å². The maximum Gasteiger partial charge on any atom is 0.472 e. The molecule has 0 bridgehead atoms. The minimum Gasteiger partial charge on any atom is -0.387 e. The maximum absolute atomic E-state index is 12.4. The minimum atomic E-state index is -4.75. The zero-order valence-corrected chi connectivity index (χ0v) is 18.8. The third-order valence-electron chi connectivity index (χ3n) is 5.20. The molecule has 8 atom stereocenters. The van der Waals surface area contributed by atoms with Crippen molar-refractivity contribution in [3.05, 3.63) is 0 Å². The van der Waals surface area contributed by atoms with Crippen molar-refractivity contribution in [2.45, 2.75) is 88.0 Å². The predicted molar refractivity (Wildman–Crippen MR) is 107 cm³/mol. The summed E-state index contributed by atoms with van der Waals surface area (Å²) < 4.78 is 38.9. The average Bonchev–Trinajstić information content (AvgIpc) is 3.06. The van der Waals surface area contributed by atoms with Crippen LogP contribution in [0, 0.1) is 0 Å². The Morgan fingerprint density at radius 2 is 1.61 bits per heavy atom. The molecule has 0 radical (unpaired) electrons. The Kier molecular flexibility index (Phi) is 10.3. The van der Waals surface area contributed by atoms with Crippen molar-refractivity contribution >= 4 is 7.82 Å². The highest BCUT2D eigenvalue weighted by atomic mass is 31.2. The van der Waals surface area contributed by atoms with Crippen LogP contribution < -0.4 is 5.73 Å². The highest BCUT2D eigenvalue weighted by Crippen LogP contribution is 2.47. The summed E-state index contributed by atoms with van der Waals surface area (Å²) in [6, 6.07) is 0. The van der Waals surface area contributed by atoms with E-state index in [-0.39, 0.29) is 19.8 Å². The van der Waals surface area contributed by atoms with Gasteiger partial charge in [-0.15, -0.1) is 0 Å². The second kappa shape index (κ2) is 11.8. The molecule has 31 heavy (non-hydrogen) atoms. The highest BCUT2D eigenvalue weighted by molar-refractivity contribution is 7.47. The second-order valence-corrected chi connectivity index (χ2v) is 9.69. The molecular formula is C18H36NO11P. The third kappa shape index (κ3) is 7.95. The lowest BCUT2D eigenvalue weighted by Crippen LogP contribution is -2.64. The van der Waals surface area contributed by atoms with Crippen LogP contribution in [0.25, 0.3) is 0 Å². The molecule has 13 heteroatoms. The molecule has 12 nitrogen and oxygen atoms in total. The molecule has 2 aliphatic rings. The minimum absolute atomic E-state index is 0.140. The molecule has 1 heterocycles. The average molecular weight is 473 g/mol. The van der Waals surface area contributed by atoms with E-state index in [0.717, 1.165) is 19.3 Å². The van der Waals surface area contributed by atoms with Gasteiger partial charge in [0.25, 0.3) is 0 Å². The summed E-state index contributed by atoms with van der Waals surface area (Å²) in [6.45, 7) is 3.92. The van der Waals surface area contributed by atoms with E-state index in [2.05, 4.69) is 0 Å². The molecule has 1 unspecified atom stereocenters. The van der Waals surface area contributed by atoms with Gasteiger partial charge in [0.05, 0.1) is 13.2 Å². The number of nitrogens with two attached hydrogens (primary N) is 1. The third-order valence-corrected chi connectivity index (χ3v) is 6.19. The topological polar surface area (TPSA) is 190 Å². The Labute approximate surface area is 181 Å². The van der Waals surface area contributed by atoms with Crippen LogP contribution in [0.2, 0.25) is 0 Å². The number of ether oxygens (including phenoxy) is 3. The molecule has 1 aliphatic heterocycles. The first-order valence-corrected chi connectivity index (χ1v) is 12.0. The number of aliphatic hydroxyl groups is 4. The number of hydrogen-bond acceptors (Lipinski definition) is 11. The molecule has 0 aromatic rings. The lowest BCUT2D eigenvalue weighted by atomic mass is 9.85. The van der Waals surface area contributed by atoms with Crippen LogP contribution in [-0.4, -0.2) is 100 Å². The Morgan fingerprint density at radius 3 is 2.19 bits per heavy atom. The second-order valence-electron chi connectivity index (χ2n) is 8.29. The Balaban J connectivity index is 1.96. The van der Waals surface area contributed by atoms with Gasteiger partial charge in [-0.3, -0.25) is 9.05 Å². The summed E-state index contributed by atoms with van der Waals surface area (Å²) in [6.07, 6.45) is -7.40. The van der Waals surface area contributed by atoms with Crippen molar-refractivity contribution in [3.63, 3.8) is 0 Å². The Bertz CT molecular complexity index is 595. The lowest BCUT2D eigenvalue weighted by Gasteiger charge is -2.43. The van der Waals surface area contributed by atoms with Crippen LogP contribution in [0.1, 0.15) is 39.5 Å². The van der Waals surface area contributed by atoms with Gasteiger partial charge in [0.1, 0.15) is 42.7 Å². The summed E-state index contributed by atoms with van der Waals surface area (Å²) in [5.74, 6) is -0.846. The van der Waals surface area contributed by atoms with E-state index in [1.54, 1.807) is 13.8 Å². The molecule has 2 rings (SSSR count). The molecule has 1 aliphatic carbocycles. The molecule has 184 valence electrons. The standard InChI is InChI=1S/C18H36NO11P/c1-18(2)27-9-11(29-18)10-28-31(24,25)30-17-15(23)13(21)12(20)14(22)16(17)26-8-6-4-3-5-7-19/h11-17,20-23H,3-10,19H2,1-2H3,(H,24,25)/t11-,12+,13+,14-,15-,16-,17+/m1/s1. The van der Waals surface area contributed by atoms with Crippen molar-refractivity contribution in [1.29, 1.82) is 0 Å². The number of aliphatic hydroxyl groups excluding tert-OH is 4. The Hall–Kier alpha value is -0.210. The van der Waals surface area contributed by atoms with Crippen LogP contribution in [-0.2, 0) is 27.8 Å². The molecule has 0 amide bonds. The zero-order valence-electron chi connectivity index (χ0n) is 17.9. The summed E-state index contributed by atoms with van der Waals surface area (Å²) in [7, 11) is -4.75. The molecule has 0 spiro atoms. The largest absolute Gasteiger partial charge is 0.472 e. The SMILES string of the molecule is CC1(C)OC[C@H](COP(=O)(O)O[C@H]2[C@H](O)[C@@H](O)[C@H](O)[C@@H](O)[C@H]2OCCCCCCN)O1. The van der Waals surface area contributed by atoms with Gasteiger partial charge in [0, 0.05) is 6.61 Å². The lowest BCUT2D eigenvalue weighted by molar-refractivity contribution is -0.232. The number of rotatable bonds is 12. The first kappa shape index (κ1) is 27.0. The number of hydrogen-bond donors (Lipinski definition) is 6. The number of phosphoric acid groups is 1. The van der Waals surface area contributed by atoms with Gasteiger partial charge >= 0.3 is 7.82 Å². The van der Waals surface area contributed by atoms with Crippen molar-refractivity contribution in [2.24, 2.45) is 5.73 Å². The zero-order chi connectivity index (χ0) is 23.2. The first-order valence-electron chi connectivity index (χ1n) is 10.5. The van der Waals surface area contributed by atoms with Crippen LogP contribution in [0.15, 0.2) is 0 Å². The summed E-state index contributed by atoms with van der Waals surface area (Å²) >= 11 is 0. The van der Waals surface area contributed by atoms with E-state index in [4.69, 9.17) is 29.0 Å². The molecule has 0 aromatic carbocycles. The molecule has 1 saturated heterocycles. The molecule has 7 N–H and O–H groups in total. The van der Waals surface area contributed by atoms with E-state index < -0.39 is 56.3 Å². The fourth-order valence-corrected chi connectivity index (χ4v) is 4.49. The van der Waals surface area contributed by atoms with Crippen molar-refractivity contribution in [2.75, 3.05) is 26.4 Å². The number of unbranched alkanes of at least 4 members (excludes halogenated alkanes) is 3. The Morgan fingerprint density at radius 1 is 1.00 bits per heavy atom. The van der Waals surface area contributed by atoms with E-state index in [0.29, 0.717) is 13.0 Å². The van der Waals surface area contributed by atoms with E-state index in [9.17, 15) is 29.9 Å². The summed E-state index contributed by atoms with van der Waals surface area (Å²) in [5.41, 5.74) is 5.44. The van der Waals surface area contributed by atoms with Gasteiger partial charge in [-0.05, 0) is 33.2 Å². The van der Waals surface area contributed by atoms with E-state index in [1.807, 2.05) is 0 Å². The molecule has 1 saturated carbocycles. The van der Waals surface area contributed by atoms with Crippen LogP contribution in [0.4, 0.5) is 0 Å². The molecular weight excluding hydrogens is 437 g/mol. The number of phosphoric ester groups is 1. The fourth-order valence-electron chi connectivity index (χ4n) is 3.52. The summed E-state index contributed by atoms with van der Waals surface area (Å²) in [5, 5.41) is 40.6. The smallest absolute Gasteiger partial charge is 0.387 e. The van der Waals surface area contributed by atoms with Gasteiger partial charge in [-0.25, -0.2) is 4.57 Å². The van der Waals surface area contributed by atoms with Gasteiger partial charge < -0.3 is 45.3 Å². The predicted octanol–water partition coefficient (Wildman–Crippen LogP) is -0.998. The van der Waals surface area contributed by atoms with Crippen LogP contribution in [0.5, 0.6) is 0 Å². The van der Waals surface area contributed by atoms with Crippen molar-refractivity contribution in [1.82, 2.24) is 0 Å². The van der Waals surface area contributed by atoms with Crippen molar-refractivity contribution in [3.8, 4) is 0 Å². The van der Waals surface area contributed by atoms with Gasteiger partial charge in [0.15, 0.2) is 5.79 Å². The molecule has 0 aromatic heterocycles. The van der Waals surface area contributed by atoms with Crippen LogP contribution in [0.3, 0.4) is 0 Å². The fraction of sp³-hybridized carbons (Fsp3) is 1.00. The van der Waals surface area contributed by atoms with Gasteiger partial charge in [0.2, 0.25) is 0 Å². The van der Waals surface area contributed by atoms with Gasteiger partial charge in [-0.2, -0.15) is 0 Å². The molecule has 2 fully saturated rings. The van der Waals surface area contributed by atoms with Gasteiger partial charge in [-0.1, -0.05) is 12.8 Å². The maximum atomic E-state index is 12.4. The van der Waals surface area contributed by atoms with E-state index in [1.165, 1.54) is 0 Å². The van der Waals surface area contributed by atoms with Crippen molar-refractivity contribution < 1.29 is 53.1 Å². The summed E-state index contributed by atoms with van der Waals surface area (Å²) in [4.78, 5) is 10.1. The highest BCUT2D eigenvalue weighted by Gasteiger charge is 2.52. The normalized spacial score (nSPS) is 37.6. The first-order chi connectivity index (χ1) is 14.5.